The van der Waals surface area contributed by atoms with Crippen molar-refractivity contribution in [1.82, 2.24) is 14.7 Å². The van der Waals surface area contributed by atoms with E-state index in [1.807, 2.05) is 38.0 Å². The molecule has 0 bridgehead atoms. The number of nitrogens with zero attached hydrogens (tertiary/aromatic N) is 3. The molecule has 0 fully saturated rings. The van der Waals surface area contributed by atoms with Gasteiger partial charge in [-0.3, -0.25) is 9.59 Å². The van der Waals surface area contributed by atoms with Crippen molar-refractivity contribution >= 4 is 17.9 Å². The predicted octanol–water partition coefficient (Wildman–Crippen LogP) is -1.19. The first kappa shape index (κ1) is 26.2. The third-order valence-corrected chi connectivity index (χ3v) is 3.63. The van der Waals surface area contributed by atoms with Gasteiger partial charge in [-0.15, -0.1) is 0 Å². The van der Waals surface area contributed by atoms with Crippen LogP contribution < -0.4 is 0 Å². The largest absolute Gasteiger partial charge is 0.464 e. The second-order valence-corrected chi connectivity index (χ2v) is 7.37. The van der Waals surface area contributed by atoms with Gasteiger partial charge in [-0.05, 0) is 42.3 Å². The molecule has 0 aliphatic rings. The molecule has 0 radical (unpaired) electrons. The summed E-state index contributed by atoms with van der Waals surface area (Å²) in [5.41, 5.74) is -2.34. The molecule has 0 spiro atoms. The first-order valence-electron chi connectivity index (χ1n) is 9.11. The minimum Gasteiger partial charge on any atom is -0.464 e. The molecule has 0 saturated heterocycles. The summed E-state index contributed by atoms with van der Waals surface area (Å²) >= 11 is 0. The van der Waals surface area contributed by atoms with Gasteiger partial charge in [-0.25, -0.2) is 4.79 Å². The van der Waals surface area contributed by atoms with Crippen LogP contribution in [0.3, 0.4) is 0 Å². The van der Waals surface area contributed by atoms with Crippen molar-refractivity contribution in [2.24, 2.45) is 0 Å². The van der Waals surface area contributed by atoms with Crippen LogP contribution >= 0.6 is 0 Å². The third-order valence-electron chi connectivity index (χ3n) is 3.63. The highest BCUT2D eigenvalue weighted by Crippen LogP contribution is 2.20. The molecule has 164 valence electrons. The molecule has 0 aliphatic heterocycles. The Morgan fingerprint density at radius 1 is 0.679 bits per heavy atom. The number of ether oxygens (including phenoxy) is 3. The Bertz CT molecular complexity index is 468. The van der Waals surface area contributed by atoms with E-state index < -0.39 is 36.4 Å². The van der Waals surface area contributed by atoms with Gasteiger partial charge in [0.1, 0.15) is 19.8 Å². The molecule has 0 rings (SSSR count). The van der Waals surface area contributed by atoms with Crippen molar-refractivity contribution < 1.29 is 33.7 Å². The number of hydrogen-bond donors (Lipinski definition) is 1. The summed E-state index contributed by atoms with van der Waals surface area (Å²) in [5, 5.41) is 10.7. The van der Waals surface area contributed by atoms with E-state index in [1.54, 1.807) is 19.0 Å². The Labute approximate surface area is 167 Å². The number of likely N-dealkylation sites (N-methyl/N-ethyl adjacent to an activating group) is 3. The summed E-state index contributed by atoms with van der Waals surface area (Å²) in [5.74, 6) is -2.64. The Morgan fingerprint density at radius 2 is 1.00 bits per heavy atom. The van der Waals surface area contributed by atoms with Gasteiger partial charge in [0.15, 0.2) is 5.60 Å². The normalized spacial score (nSPS) is 11.8. The van der Waals surface area contributed by atoms with Crippen LogP contribution in [0.2, 0.25) is 0 Å². The Hall–Kier alpha value is -1.75. The number of esters is 3. The minimum absolute atomic E-state index is 0.0134. The quantitative estimate of drug-likeness (QED) is 0.280. The molecular weight excluding hydrogens is 370 g/mol. The van der Waals surface area contributed by atoms with Crippen LogP contribution in [0.4, 0.5) is 0 Å². The molecule has 0 saturated carbocycles. The average molecular weight is 405 g/mol. The van der Waals surface area contributed by atoms with Crippen LogP contribution in [0.1, 0.15) is 12.8 Å². The van der Waals surface area contributed by atoms with Crippen LogP contribution in [0.15, 0.2) is 0 Å². The second kappa shape index (κ2) is 13.4. The van der Waals surface area contributed by atoms with Crippen LogP contribution in [-0.2, 0) is 28.6 Å². The fourth-order valence-electron chi connectivity index (χ4n) is 1.93. The molecule has 0 aliphatic carbocycles. The van der Waals surface area contributed by atoms with Gasteiger partial charge in [0.25, 0.3) is 0 Å². The molecule has 10 heteroatoms. The van der Waals surface area contributed by atoms with Crippen LogP contribution in [0, 0.1) is 0 Å². The zero-order valence-electron chi connectivity index (χ0n) is 17.9. The Morgan fingerprint density at radius 3 is 1.32 bits per heavy atom. The summed E-state index contributed by atoms with van der Waals surface area (Å²) in [6.45, 7) is 1.63. The van der Waals surface area contributed by atoms with Crippen molar-refractivity contribution in [3.63, 3.8) is 0 Å². The number of rotatable bonds is 14. The van der Waals surface area contributed by atoms with Crippen molar-refractivity contribution in [2.75, 3.05) is 81.7 Å². The molecule has 10 nitrogen and oxygen atoms in total. The molecule has 1 N–H and O–H groups in total. The summed E-state index contributed by atoms with van der Waals surface area (Å²) in [6.07, 6.45) is -1.38. The van der Waals surface area contributed by atoms with Crippen LogP contribution in [0.25, 0.3) is 0 Å². The Kier molecular flexibility index (Phi) is 12.6. The fourth-order valence-corrected chi connectivity index (χ4v) is 1.93. The molecule has 0 atom stereocenters. The van der Waals surface area contributed by atoms with Gasteiger partial charge in [-0.1, -0.05) is 0 Å². The van der Waals surface area contributed by atoms with Gasteiger partial charge in [0.2, 0.25) is 0 Å². The lowest BCUT2D eigenvalue weighted by Crippen LogP contribution is -2.45. The van der Waals surface area contributed by atoms with Crippen molar-refractivity contribution in [3.05, 3.63) is 0 Å². The highest BCUT2D eigenvalue weighted by Gasteiger charge is 2.43. The van der Waals surface area contributed by atoms with Gasteiger partial charge >= 0.3 is 17.9 Å². The van der Waals surface area contributed by atoms with Gasteiger partial charge in [0, 0.05) is 19.6 Å². The standard InChI is InChI=1S/C18H35N3O7/c1-19(2)7-10-26-15(22)13-18(25,17(24)28-12-9-21(5)6)14-16(23)27-11-8-20(3)4/h25H,7-14H2,1-6H3. The van der Waals surface area contributed by atoms with E-state index in [4.69, 9.17) is 14.2 Å². The molecule has 0 amide bonds. The molecular formula is C18H35N3O7. The zero-order chi connectivity index (χ0) is 21.7. The highest BCUT2D eigenvalue weighted by atomic mass is 16.6. The zero-order valence-corrected chi connectivity index (χ0v) is 17.9. The minimum atomic E-state index is -2.34. The van der Waals surface area contributed by atoms with Gasteiger partial charge < -0.3 is 34.0 Å². The second-order valence-electron chi connectivity index (χ2n) is 7.37. The topological polar surface area (TPSA) is 109 Å². The predicted molar refractivity (Wildman–Crippen MR) is 103 cm³/mol. The van der Waals surface area contributed by atoms with E-state index in [2.05, 4.69) is 0 Å². The summed E-state index contributed by atoms with van der Waals surface area (Å²) < 4.78 is 15.1. The molecule has 0 aromatic carbocycles. The van der Waals surface area contributed by atoms with E-state index >= 15 is 0 Å². The van der Waals surface area contributed by atoms with Gasteiger partial charge in [0.05, 0.1) is 12.8 Å². The van der Waals surface area contributed by atoms with E-state index in [0.717, 1.165) is 0 Å². The van der Waals surface area contributed by atoms with E-state index in [-0.39, 0.29) is 19.8 Å². The summed E-state index contributed by atoms with van der Waals surface area (Å²) in [6, 6.07) is 0. The molecule has 28 heavy (non-hydrogen) atoms. The Balaban J connectivity index is 4.90. The van der Waals surface area contributed by atoms with E-state index in [9.17, 15) is 19.5 Å². The summed E-state index contributed by atoms with van der Waals surface area (Å²) in [7, 11) is 10.9. The smallest absolute Gasteiger partial charge is 0.339 e. The van der Waals surface area contributed by atoms with Crippen molar-refractivity contribution in [3.8, 4) is 0 Å². The maximum atomic E-state index is 12.4. The van der Waals surface area contributed by atoms with E-state index in [0.29, 0.717) is 19.6 Å². The molecule has 0 aromatic rings. The van der Waals surface area contributed by atoms with E-state index in [1.165, 1.54) is 0 Å². The average Bonchev–Trinajstić information content (AvgIpc) is 2.53. The maximum Gasteiger partial charge on any atom is 0.339 e. The van der Waals surface area contributed by atoms with Gasteiger partial charge in [-0.2, -0.15) is 0 Å². The number of carbonyl (C=O) groups excluding carboxylic acids is 3. The monoisotopic (exact) mass is 405 g/mol. The van der Waals surface area contributed by atoms with Crippen LogP contribution in [0.5, 0.6) is 0 Å². The first-order chi connectivity index (χ1) is 13.0. The SMILES string of the molecule is CN(C)CCOC(=O)CC(O)(CC(=O)OCCN(C)C)C(=O)OCCN(C)C. The maximum absolute atomic E-state index is 12.4. The number of carbonyl (C=O) groups is 3. The lowest BCUT2D eigenvalue weighted by Gasteiger charge is -2.25. The first-order valence-corrected chi connectivity index (χ1v) is 9.11. The lowest BCUT2D eigenvalue weighted by molar-refractivity contribution is -0.178. The van der Waals surface area contributed by atoms with Crippen molar-refractivity contribution in [1.29, 1.82) is 0 Å². The highest BCUT2D eigenvalue weighted by molar-refractivity contribution is 5.90. The van der Waals surface area contributed by atoms with Crippen molar-refractivity contribution in [2.45, 2.75) is 18.4 Å². The molecule has 0 aromatic heterocycles. The molecule has 0 heterocycles. The number of aliphatic hydroxyl groups is 1. The molecule has 0 unspecified atom stereocenters. The fraction of sp³-hybridized carbons (Fsp3) is 0.833. The summed E-state index contributed by atoms with van der Waals surface area (Å²) in [4.78, 5) is 41.9. The van der Waals surface area contributed by atoms with Crippen LogP contribution in [-0.4, -0.2) is 125 Å². The lowest BCUT2D eigenvalue weighted by atomic mass is 9.95. The third kappa shape index (κ3) is 12.6. The number of hydrogen-bond acceptors (Lipinski definition) is 10.